The molecule has 0 aromatic carbocycles. The lowest BCUT2D eigenvalue weighted by Gasteiger charge is -2.09. The van der Waals surface area contributed by atoms with Crippen LogP contribution in [0.1, 0.15) is 26.2 Å². The van der Waals surface area contributed by atoms with E-state index in [9.17, 15) is 4.21 Å². The molecule has 0 saturated heterocycles. The number of hydrogen-bond acceptors (Lipinski definition) is 3. The Labute approximate surface area is 68.7 Å². The van der Waals surface area contributed by atoms with Gasteiger partial charge >= 0.3 is 11.4 Å². The molecule has 0 aliphatic carbocycles. The largest absolute Gasteiger partial charge is 0.302 e. The molecule has 1 N–H and O–H groups in total. The van der Waals surface area contributed by atoms with Crippen LogP contribution in [0, 0.1) is 11.3 Å². The lowest BCUT2D eigenvalue weighted by atomic mass is 10.2. The van der Waals surface area contributed by atoms with Crippen LogP contribution in [-0.4, -0.2) is 14.9 Å². The van der Waals surface area contributed by atoms with Gasteiger partial charge in [0.25, 0.3) is 0 Å². The van der Waals surface area contributed by atoms with Gasteiger partial charge in [-0.25, -0.2) is 0 Å². The van der Waals surface area contributed by atoms with Crippen LogP contribution in [-0.2, 0) is 15.5 Å². The molecule has 0 spiro atoms. The molecule has 0 amide bonds. The van der Waals surface area contributed by atoms with Crippen molar-refractivity contribution in [3.05, 3.63) is 0 Å². The molecule has 0 saturated carbocycles. The van der Waals surface area contributed by atoms with E-state index in [4.69, 9.17) is 9.81 Å². The van der Waals surface area contributed by atoms with Crippen LogP contribution in [0.25, 0.3) is 0 Å². The summed E-state index contributed by atoms with van der Waals surface area (Å²) in [6.07, 6.45) is 1.24. The molecule has 0 aromatic rings. The van der Waals surface area contributed by atoms with Crippen LogP contribution < -0.4 is 0 Å². The van der Waals surface area contributed by atoms with E-state index in [2.05, 4.69) is 4.18 Å². The van der Waals surface area contributed by atoms with E-state index < -0.39 is 11.4 Å². The normalized spacial score (nSPS) is 15.4. The molecule has 2 atom stereocenters. The minimum Gasteiger partial charge on any atom is -0.284 e. The Bertz CT molecular complexity index is 166. The third kappa shape index (κ3) is 5.98. The number of nitrogens with zero attached hydrogens (tertiary/aromatic N) is 1. The summed E-state index contributed by atoms with van der Waals surface area (Å²) in [7, 11) is 0. The van der Waals surface area contributed by atoms with Crippen molar-refractivity contribution in [3.8, 4) is 6.07 Å². The lowest BCUT2D eigenvalue weighted by Crippen LogP contribution is -2.12. The standard InChI is InChI=1S/C6H11NO3S/c1-2-6(4-3-5-7)10-11(8)9/h6H,2-4H2,1H3,(H,8,9). The predicted octanol–water partition coefficient (Wildman–Crippen LogP) is 1.22. The highest BCUT2D eigenvalue weighted by molar-refractivity contribution is 7.74. The highest BCUT2D eigenvalue weighted by Gasteiger charge is 2.08. The average molecular weight is 177 g/mol. The van der Waals surface area contributed by atoms with Crippen molar-refractivity contribution in [2.45, 2.75) is 32.3 Å². The van der Waals surface area contributed by atoms with Gasteiger partial charge in [-0.15, -0.1) is 0 Å². The van der Waals surface area contributed by atoms with Crippen LogP contribution in [0.5, 0.6) is 0 Å². The minimum atomic E-state index is -2.21. The fraction of sp³-hybridized carbons (Fsp3) is 0.833. The molecule has 2 unspecified atom stereocenters. The second-order valence-electron chi connectivity index (χ2n) is 2.04. The Kier molecular flexibility index (Phi) is 6.03. The van der Waals surface area contributed by atoms with Crippen molar-refractivity contribution < 1.29 is 12.9 Å². The third-order valence-electron chi connectivity index (χ3n) is 1.25. The Hall–Kier alpha value is -0.440. The molecule has 0 radical (unpaired) electrons. The molecule has 4 nitrogen and oxygen atoms in total. The zero-order chi connectivity index (χ0) is 8.69. The number of nitriles is 1. The maximum absolute atomic E-state index is 10.1. The maximum Gasteiger partial charge on any atom is 0.302 e. The van der Waals surface area contributed by atoms with E-state index in [1.54, 1.807) is 0 Å². The lowest BCUT2D eigenvalue weighted by molar-refractivity contribution is 0.191. The first-order valence-corrected chi connectivity index (χ1v) is 4.38. The van der Waals surface area contributed by atoms with Gasteiger partial charge in [-0.2, -0.15) is 9.47 Å². The summed E-state index contributed by atoms with van der Waals surface area (Å²) < 4.78 is 23.0. The van der Waals surface area contributed by atoms with Crippen molar-refractivity contribution in [1.82, 2.24) is 0 Å². The summed E-state index contributed by atoms with van der Waals surface area (Å²) in [6, 6.07) is 1.95. The van der Waals surface area contributed by atoms with Gasteiger partial charge in [-0.3, -0.25) is 8.74 Å². The van der Waals surface area contributed by atoms with Crippen molar-refractivity contribution in [3.63, 3.8) is 0 Å². The predicted molar refractivity (Wildman–Crippen MR) is 40.8 cm³/mol. The second kappa shape index (κ2) is 6.28. The molecule has 5 heteroatoms. The van der Waals surface area contributed by atoms with Gasteiger partial charge in [0.15, 0.2) is 0 Å². The van der Waals surface area contributed by atoms with Gasteiger partial charge in [0.2, 0.25) is 0 Å². The molecule has 0 bridgehead atoms. The molecule has 0 heterocycles. The second-order valence-corrected chi connectivity index (χ2v) is 2.67. The number of rotatable bonds is 5. The molecule has 0 aliphatic rings. The highest BCUT2D eigenvalue weighted by Crippen LogP contribution is 2.06. The monoisotopic (exact) mass is 177 g/mol. The Morgan fingerprint density at radius 2 is 2.45 bits per heavy atom. The van der Waals surface area contributed by atoms with E-state index in [0.717, 1.165) is 0 Å². The molecule has 64 valence electrons. The van der Waals surface area contributed by atoms with Gasteiger partial charge in [0.05, 0.1) is 12.2 Å². The molecule has 0 fully saturated rings. The summed E-state index contributed by atoms with van der Waals surface area (Å²) >= 11 is -2.21. The summed E-state index contributed by atoms with van der Waals surface area (Å²) in [4.78, 5) is 0. The molecule has 11 heavy (non-hydrogen) atoms. The van der Waals surface area contributed by atoms with Gasteiger partial charge in [0, 0.05) is 6.42 Å². The van der Waals surface area contributed by atoms with E-state index in [-0.39, 0.29) is 6.10 Å². The first-order valence-electron chi connectivity index (χ1n) is 3.35. The van der Waals surface area contributed by atoms with Crippen LogP contribution in [0.4, 0.5) is 0 Å². The SMILES string of the molecule is CCC(CCC#N)OS(=O)O. The smallest absolute Gasteiger partial charge is 0.284 e. The van der Waals surface area contributed by atoms with Crippen molar-refractivity contribution in [2.24, 2.45) is 0 Å². The van der Waals surface area contributed by atoms with Gasteiger partial charge < -0.3 is 0 Å². The van der Waals surface area contributed by atoms with E-state index in [1.165, 1.54) is 0 Å². The Balaban J connectivity index is 3.59. The van der Waals surface area contributed by atoms with Crippen molar-refractivity contribution in [2.75, 3.05) is 0 Å². The third-order valence-corrected chi connectivity index (χ3v) is 1.69. The van der Waals surface area contributed by atoms with Crippen LogP contribution in [0.15, 0.2) is 0 Å². The number of hydrogen-bond donors (Lipinski definition) is 1. The van der Waals surface area contributed by atoms with Crippen LogP contribution in [0.3, 0.4) is 0 Å². The van der Waals surface area contributed by atoms with Crippen LogP contribution >= 0.6 is 0 Å². The summed E-state index contributed by atoms with van der Waals surface area (Å²) in [5.41, 5.74) is 0. The Morgan fingerprint density at radius 1 is 1.82 bits per heavy atom. The molecular weight excluding hydrogens is 166 g/mol. The quantitative estimate of drug-likeness (QED) is 0.641. The van der Waals surface area contributed by atoms with E-state index in [1.807, 2.05) is 13.0 Å². The minimum absolute atomic E-state index is 0.277. The van der Waals surface area contributed by atoms with E-state index in [0.29, 0.717) is 19.3 Å². The summed E-state index contributed by atoms with van der Waals surface area (Å²) in [6.45, 7) is 1.84. The van der Waals surface area contributed by atoms with Crippen molar-refractivity contribution >= 4 is 11.4 Å². The summed E-state index contributed by atoms with van der Waals surface area (Å²) in [5, 5.41) is 8.20. The summed E-state index contributed by atoms with van der Waals surface area (Å²) in [5.74, 6) is 0. The maximum atomic E-state index is 10.1. The zero-order valence-electron chi connectivity index (χ0n) is 6.32. The topological polar surface area (TPSA) is 70.3 Å². The fourth-order valence-electron chi connectivity index (χ4n) is 0.662. The first-order chi connectivity index (χ1) is 5.20. The van der Waals surface area contributed by atoms with Crippen LogP contribution in [0.2, 0.25) is 0 Å². The van der Waals surface area contributed by atoms with Gasteiger partial charge in [-0.05, 0) is 12.8 Å². The molecule has 0 aliphatic heterocycles. The average Bonchev–Trinajstić information content (AvgIpc) is 1.97. The van der Waals surface area contributed by atoms with Gasteiger partial charge in [0.1, 0.15) is 0 Å². The molecule has 0 aromatic heterocycles. The Morgan fingerprint density at radius 3 is 2.82 bits per heavy atom. The zero-order valence-corrected chi connectivity index (χ0v) is 7.13. The highest BCUT2D eigenvalue weighted by atomic mass is 32.2. The fourth-order valence-corrected chi connectivity index (χ4v) is 1.13. The van der Waals surface area contributed by atoms with Crippen molar-refractivity contribution in [1.29, 1.82) is 5.26 Å². The van der Waals surface area contributed by atoms with Gasteiger partial charge in [-0.1, -0.05) is 6.92 Å². The molecule has 0 rings (SSSR count). The molecular formula is C6H11NO3S. The first kappa shape index (κ1) is 10.6. The van der Waals surface area contributed by atoms with E-state index >= 15 is 0 Å².